The van der Waals surface area contributed by atoms with Gasteiger partial charge in [0, 0.05) is 24.5 Å². The van der Waals surface area contributed by atoms with E-state index in [0.717, 1.165) is 31.5 Å². The maximum absolute atomic E-state index is 9.53. The Kier molecular flexibility index (Phi) is 2.61. The third-order valence-electron chi connectivity index (χ3n) is 2.59. The quantitative estimate of drug-likeness (QED) is 0.633. The zero-order valence-corrected chi connectivity index (χ0v) is 7.53. The van der Waals surface area contributed by atoms with Gasteiger partial charge in [0.2, 0.25) is 0 Å². The van der Waals surface area contributed by atoms with Crippen molar-refractivity contribution < 1.29 is 5.11 Å². The van der Waals surface area contributed by atoms with Crippen LogP contribution in [-0.2, 0) is 6.54 Å². The molecule has 13 heavy (non-hydrogen) atoms. The van der Waals surface area contributed by atoms with Gasteiger partial charge in [-0.3, -0.25) is 0 Å². The number of aliphatic hydroxyl groups is 1. The second-order valence-electron chi connectivity index (χ2n) is 3.56. The molecule has 1 fully saturated rings. The minimum Gasteiger partial charge on any atom is -0.392 e. The highest BCUT2D eigenvalue weighted by Gasteiger charge is 2.24. The van der Waals surface area contributed by atoms with Gasteiger partial charge in [-0.2, -0.15) is 0 Å². The van der Waals surface area contributed by atoms with E-state index in [4.69, 9.17) is 0 Å². The van der Waals surface area contributed by atoms with E-state index in [-0.39, 0.29) is 12.1 Å². The van der Waals surface area contributed by atoms with Crippen LogP contribution in [0.25, 0.3) is 0 Å². The van der Waals surface area contributed by atoms with E-state index in [0.29, 0.717) is 0 Å². The summed E-state index contributed by atoms with van der Waals surface area (Å²) in [5.41, 5.74) is 1.07. The van der Waals surface area contributed by atoms with Crippen molar-refractivity contribution in [2.45, 2.75) is 38.0 Å². The molecule has 4 heteroatoms. The molecule has 2 rings (SSSR count). The second-order valence-corrected chi connectivity index (χ2v) is 3.56. The van der Waals surface area contributed by atoms with Crippen LogP contribution in [0, 0.1) is 0 Å². The van der Waals surface area contributed by atoms with E-state index in [1.165, 1.54) is 0 Å². The summed E-state index contributed by atoms with van der Waals surface area (Å²) in [5.74, 6) is 0. The first kappa shape index (κ1) is 8.72. The summed E-state index contributed by atoms with van der Waals surface area (Å²) in [6.07, 6.45) is 6.44. The fraction of sp³-hybridized carbons (Fsp3) is 0.667. The maximum Gasteiger partial charge on any atom is 0.0922 e. The smallest absolute Gasteiger partial charge is 0.0922 e. The highest BCUT2D eigenvalue weighted by molar-refractivity contribution is 4.95. The molecule has 0 aromatic carbocycles. The number of rotatable bonds is 3. The monoisotopic (exact) mass is 181 g/mol. The molecule has 1 aliphatic rings. The first-order valence-corrected chi connectivity index (χ1v) is 4.75. The maximum atomic E-state index is 9.53. The topological polar surface area (TPSA) is 60.9 Å². The van der Waals surface area contributed by atoms with Crippen molar-refractivity contribution in [2.75, 3.05) is 0 Å². The van der Waals surface area contributed by atoms with Crippen LogP contribution in [0.5, 0.6) is 0 Å². The Morgan fingerprint density at radius 3 is 3.15 bits per heavy atom. The largest absolute Gasteiger partial charge is 0.392 e. The molecule has 1 heterocycles. The first-order valence-electron chi connectivity index (χ1n) is 4.75. The van der Waals surface area contributed by atoms with Crippen LogP contribution < -0.4 is 5.32 Å². The number of nitrogens with one attached hydrogen (secondary N) is 2. The molecule has 0 spiro atoms. The number of aromatic amines is 1. The molecule has 0 radical (unpaired) electrons. The fourth-order valence-electron chi connectivity index (χ4n) is 1.80. The van der Waals surface area contributed by atoms with Gasteiger partial charge in [-0.25, -0.2) is 4.98 Å². The highest BCUT2D eigenvalue weighted by atomic mass is 16.3. The summed E-state index contributed by atoms with van der Waals surface area (Å²) in [6.45, 7) is 0.766. The average Bonchev–Trinajstić information content (AvgIpc) is 2.72. The summed E-state index contributed by atoms with van der Waals surface area (Å²) in [6, 6.07) is 0.267. The second kappa shape index (κ2) is 3.89. The Morgan fingerprint density at radius 1 is 1.62 bits per heavy atom. The fourth-order valence-corrected chi connectivity index (χ4v) is 1.80. The lowest BCUT2D eigenvalue weighted by Gasteiger charge is -2.15. The van der Waals surface area contributed by atoms with Gasteiger partial charge < -0.3 is 15.4 Å². The van der Waals surface area contributed by atoms with E-state index in [1.54, 1.807) is 12.5 Å². The van der Waals surface area contributed by atoms with Crippen LogP contribution in [0.2, 0.25) is 0 Å². The van der Waals surface area contributed by atoms with Crippen molar-refractivity contribution in [1.82, 2.24) is 15.3 Å². The number of aromatic nitrogens is 2. The Bertz CT molecular complexity index is 247. The minimum atomic E-state index is -0.164. The Hall–Kier alpha value is -0.870. The Balaban J connectivity index is 1.79. The van der Waals surface area contributed by atoms with Crippen LogP contribution in [0.3, 0.4) is 0 Å². The molecule has 4 nitrogen and oxygen atoms in total. The van der Waals surface area contributed by atoms with Crippen LogP contribution >= 0.6 is 0 Å². The summed E-state index contributed by atoms with van der Waals surface area (Å²) in [7, 11) is 0. The zero-order valence-electron chi connectivity index (χ0n) is 7.53. The van der Waals surface area contributed by atoms with E-state index in [2.05, 4.69) is 15.3 Å². The zero-order chi connectivity index (χ0) is 9.10. The molecule has 0 saturated heterocycles. The third-order valence-corrected chi connectivity index (χ3v) is 2.59. The van der Waals surface area contributed by atoms with Gasteiger partial charge in [0.05, 0.1) is 12.4 Å². The van der Waals surface area contributed by atoms with Gasteiger partial charge in [0.25, 0.3) is 0 Å². The summed E-state index contributed by atoms with van der Waals surface area (Å²) >= 11 is 0. The van der Waals surface area contributed by atoms with Crippen molar-refractivity contribution in [1.29, 1.82) is 0 Å². The third kappa shape index (κ3) is 2.08. The molecule has 1 saturated carbocycles. The molecule has 1 aromatic rings. The summed E-state index contributed by atoms with van der Waals surface area (Å²) in [5, 5.41) is 12.8. The number of H-pyrrole nitrogens is 1. The highest BCUT2D eigenvalue weighted by Crippen LogP contribution is 2.18. The van der Waals surface area contributed by atoms with Crippen LogP contribution in [-0.4, -0.2) is 27.2 Å². The van der Waals surface area contributed by atoms with Crippen LogP contribution in [0.4, 0.5) is 0 Å². The number of hydrogen-bond donors (Lipinski definition) is 3. The average molecular weight is 181 g/mol. The number of aliphatic hydroxyl groups excluding tert-OH is 1. The van der Waals surface area contributed by atoms with Gasteiger partial charge in [0.15, 0.2) is 0 Å². The van der Waals surface area contributed by atoms with Crippen molar-refractivity contribution in [2.24, 2.45) is 0 Å². The van der Waals surface area contributed by atoms with E-state index >= 15 is 0 Å². The number of hydrogen-bond acceptors (Lipinski definition) is 3. The summed E-state index contributed by atoms with van der Waals surface area (Å²) < 4.78 is 0. The molecule has 3 N–H and O–H groups in total. The molecule has 0 bridgehead atoms. The molecule has 0 amide bonds. The van der Waals surface area contributed by atoms with Gasteiger partial charge in [-0.1, -0.05) is 0 Å². The number of imidazole rings is 1. The lowest BCUT2D eigenvalue weighted by Crippen LogP contribution is -2.35. The molecule has 72 valence electrons. The standard InChI is InChI=1S/C9H15N3O/c13-9-3-1-2-8(9)11-5-7-4-10-6-12-7/h4,6,8-9,11,13H,1-3,5H2,(H,10,12). The van der Waals surface area contributed by atoms with Crippen LogP contribution in [0.1, 0.15) is 25.0 Å². The Labute approximate surface area is 77.4 Å². The SMILES string of the molecule is OC1CCCC1NCc1cnc[nH]1. The molecular weight excluding hydrogens is 166 g/mol. The lowest BCUT2D eigenvalue weighted by atomic mass is 10.2. The minimum absolute atomic E-state index is 0.164. The molecule has 1 aliphatic carbocycles. The molecule has 1 aromatic heterocycles. The van der Waals surface area contributed by atoms with Crippen molar-refractivity contribution in [3.8, 4) is 0 Å². The van der Waals surface area contributed by atoms with Crippen LogP contribution in [0.15, 0.2) is 12.5 Å². The normalized spacial score (nSPS) is 28.1. The van der Waals surface area contributed by atoms with E-state index < -0.39 is 0 Å². The van der Waals surface area contributed by atoms with Crippen molar-refractivity contribution >= 4 is 0 Å². The van der Waals surface area contributed by atoms with Crippen molar-refractivity contribution in [3.63, 3.8) is 0 Å². The molecule has 0 aliphatic heterocycles. The van der Waals surface area contributed by atoms with E-state index in [1.807, 2.05) is 0 Å². The lowest BCUT2D eigenvalue weighted by molar-refractivity contribution is 0.148. The van der Waals surface area contributed by atoms with Crippen molar-refractivity contribution in [3.05, 3.63) is 18.2 Å². The predicted molar refractivity (Wildman–Crippen MR) is 49.1 cm³/mol. The summed E-state index contributed by atoms with van der Waals surface area (Å²) in [4.78, 5) is 6.95. The van der Waals surface area contributed by atoms with E-state index in [9.17, 15) is 5.11 Å². The molecule has 2 atom stereocenters. The Morgan fingerprint density at radius 2 is 2.54 bits per heavy atom. The van der Waals surface area contributed by atoms with Gasteiger partial charge in [-0.05, 0) is 19.3 Å². The first-order chi connectivity index (χ1) is 6.36. The number of nitrogens with zero attached hydrogens (tertiary/aromatic N) is 1. The van der Waals surface area contributed by atoms with Gasteiger partial charge >= 0.3 is 0 Å². The molecule has 2 unspecified atom stereocenters. The predicted octanol–water partition coefficient (Wildman–Crippen LogP) is 0.413. The van der Waals surface area contributed by atoms with Gasteiger partial charge in [-0.15, -0.1) is 0 Å². The molecular formula is C9H15N3O. The van der Waals surface area contributed by atoms with Gasteiger partial charge in [0.1, 0.15) is 0 Å².